The molecule has 0 heterocycles. The molecule has 0 saturated heterocycles. The maximum Gasteiger partial charge on any atom is 0.310 e. The fourth-order valence-corrected chi connectivity index (χ4v) is 1.48. The normalized spacial score (nSPS) is 13.7. The summed E-state index contributed by atoms with van der Waals surface area (Å²) in [7, 11) is 0. The largest absolute Gasteiger partial charge is 0.481 e. The highest BCUT2D eigenvalue weighted by molar-refractivity contribution is 5.92. The number of carboxylic acid groups (broad SMARTS) is 1. The van der Waals surface area contributed by atoms with Gasteiger partial charge in [-0.1, -0.05) is 26.0 Å². The van der Waals surface area contributed by atoms with E-state index < -0.39 is 11.9 Å². The van der Waals surface area contributed by atoms with Crippen LogP contribution in [0.15, 0.2) is 24.3 Å². The summed E-state index contributed by atoms with van der Waals surface area (Å²) in [6, 6.07) is 6.97. The molecule has 2 N–H and O–H groups in total. The van der Waals surface area contributed by atoms with Crippen LogP contribution in [-0.2, 0) is 9.59 Å². The van der Waals surface area contributed by atoms with E-state index in [-0.39, 0.29) is 11.8 Å². The zero-order valence-corrected chi connectivity index (χ0v) is 10.9. The van der Waals surface area contributed by atoms with Gasteiger partial charge < -0.3 is 10.4 Å². The molecule has 1 aromatic rings. The van der Waals surface area contributed by atoms with Crippen LogP contribution in [0.1, 0.15) is 38.7 Å². The number of benzene rings is 1. The maximum atomic E-state index is 11.7. The summed E-state index contributed by atoms with van der Waals surface area (Å²) in [5.41, 5.74) is 1.33. The molecule has 1 aromatic carbocycles. The minimum Gasteiger partial charge on any atom is -0.481 e. The molecule has 1 rings (SSSR count). The third-order valence-corrected chi connectivity index (χ3v) is 3.08. The number of anilines is 1. The van der Waals surface area contributed by atoms with E-state index in [1.54, 1.807) is 31.2 Å². The van der Waals surface area contributed by atoms with Crippen LogP contribution >= 0.6 is 0 Å². The number of hydrogen-bond acceptors (Lipinski definition) is 2. The molecule has 0 aliphatic heterocycles. The van der Waals surface area contributed by atoms with Crippen molar-refractivity contribution in [3.8, 4) is 0 Å². The van der Waals surface area contributed by atoms with Gasteiger partial charge in [0.1, 0.15) is 0 Å². The summed E-state index contributed by atoms with van der Waals surface area (Å²) in [5, 5.41) is 11.7. The average Bonchev–Trinajstić information content (AvgIpc) is 2.36. The Morgan fingerprint density at radius 3 is 2.56 bits per heavy atom. The molecule has 4 nitrogen and oxygen atoms in total. The third-order valence-electron chi connectivity index (χ3n) is 3.08. The molecular weight excluding hydrogens is 230 g/mol. The zero-order chi connectivity index (χ0) is 13.7. The monoisotopic (exact) mass is 249 g/mol. The molecule has 0 spiro atoms. The summed E-state index contributed by atoms with van der Waals surface area (Å²) >= 11 is 0. The number of hydrogen-bond donors (Lipinski definition) is 2. The Morgan fingerprint density at radius 1 is 1.33 bits per heavy atom. The van der Waals surface area contributed by atoms with Crippen molar-refractivity contribution in [1.82, 2.24) is 0 Å². The third kappa shape index (κ3) is 3.58. The van der Waals surface area contributed by atoms with Gasteiger partial charge in [-0.15, -0.1) is 0 Å². The summed E-state index contributed by atoms with van der Waals surface area (Å²) in [6.45, 7) is 5.43. The highest BCUT2D eigenvalue weighted by Crippen LogP contribution is 2.20. The van der Waals surface area contributed by atoms with E-state index in [1.807, 2.05) is 13.8 Å². The SMILES string of the molecule is CCC(C)C(=O)Nc1cccc(C(C)C(=O)O)c1. The predicted octanol–water partition coefficient (Wildman–Crippen LogP) is 2.86. The first-order chi connectivity index (χ1) is 8.45. The Balaban J connectivity index is 2.83. The van der Waals surface area contributed by atoms with E-state index in [0.717, 1.165) is 6.42 Å². The van der Waals surface area contributed by atoms with Crippen LogP contribution in [0.2, 0.25) is 0 Å². The fourth-order valence-electron chi connectivity index (χ4n) is 1.48. The molecule has 2 unspecified atom stereocenters. The number of carbonyl (C=O) groups is 2. The van der Waals surface area contributed by atoms with Crippen molar-refractivity contribution >= 4 is 17.6 Å². The molecule has 98 valence electrons. The Morgan fingerprint density at radius 2 is 2.00 bits per heavy atom. The molecule has 0 aliphatic carbocycles. The molecule has 0 aliphatic rings. The van der Waals surface area contributed by atoms with E-state index in [0.29, 0.717) is 11.3 Å². The number of rotatable bonds is 5. The lowest BCUT2D eigenvalue weighted by Crippen LogP contribution is -2.19. The molecule has 2 atom stereocenters. The molecule has 1 amide bonds. The van der Waals surface area contributed by atoms with Crippen molar-refractivity contribution in [1.29, 1.82) is 0 Å². The van der Waals surface area contributed by atoms with Gasteiger partial charge in [0.05, 0.1) is 5.92 Å². The summed E-state index contributed by atoms with van der Waals surface area (Å²) in [5.74, 6) is -1.55. The van der Waals surface area contributed by atoms with E-state index in [1.165, 1.54) is 0 Å². The topological polar surface area (TPSA) is 66.4 Å². The summed E-state index contributed by atoms with van der Waals surface area (Å²) in [6.07, 6.45) is 0.775. The summed E-state index contributed by atoms with van der Waals surface area (Å²) in [4.78, 5) is 22.6. The van der Waals surface area contributed by atoms with Gasteiger partial charge in [-0.25, -0.2) is 0 Å². The first kappa shape index (κ1) is 14.2. The van der Waals surface area contributed by atoms with E-state index in [2.05, 4.69) is 5.32 Å². The van der Waals surface area contributed by atoms with Crippen LogP contribution in [0.3, 0.4) is 0 Å². The number of carbonyl (C=O) groups excluding carboxylic acids is 1. The van der Waals surface area contributed by atoms with Crippen LogP contribution in [0.5, 0.6) is 0 Å². The first-order valence-corrected chi connectivity index (χ1v) is 6.09. The van der Waals surface area contributed by atoms with Crippen molar-refractivity contribution in [2.75, 3.05) is 5.32 Å². The van der Waals surface area contributed by atoms with Gasteiger partial charge in [-0.2, -0.15) is 0 Å². The van der Waals surface area contributed by atoms with Gasteiger partial charge in [0.2, 0.25) is 5.91 Å². The Labute approximate surface area is 107 Å². The Bertz CT molecular complexity index is 442. The van der Waals surface area contributed by atoms with Crippen LogP contribution < -0.4 is 5.32 Å². The van der Waals surface area contributed by atoms with Gasteiger partial charge >= 0.3 is 5.97 Å². The average molecular weight is 249 g/mol. The highest BCUT2D eigenvalue weighted by Gasteiger charge is 2.15. The molecular formula is C14H19NO3. The second-order valence-corrected chi connectivity index (χ2v) is 4.48. The minimum atomic E-state index is -0.875. The predicted molar refractivity (Wildman–Crippen MR) is 70.6 cm³/mol. The standard InChI is InChI=1S/C14H19NO3/c1-4-9(2)13(16)15-12-7-5-6-11(8-12)10(3)14(17)18/h5-10H,4H2,1-3H3,(H,15,16)(H,17,18). The maximum absolute atomic E-state index is 11.7. The van der Waals surface area contributed by atoms with Crippen molar-refractivity contribution in [3.63, 3.8) is 0 Å². The molecule has 0 fully saturated rings. The van der Waals surface area contributed by atoms with Gasteiger partial charge in [-0.05, 0) is 31.0 Å². The lowest BCUT2D eigenvalue weighted by atomic mass is 10.0. The van der Waals surface area contributed by atoms with Gasteiger partial charge in [0.15, 0.2) is 0 Å². The van der Waals surface area contributed by atoms with Crippen molar-refractivity contribution in [2.24, 2.45) is 5.92 Å². The minimum absolute atomic E-state index is 0.0439. The van der Waals surface area contributed by atoms with E-state index in [9.17, 15) is 9.59 Å². The number of aliphatic carboxylic acids is 1. The molecule has 0 saturated carbocycles. The first-order valence-electron chi connectivity index (χ1n) is 6.09. The highest BCUT2D eigenvalue weighted by atomic mass is 16.4. The second-order valence-electron chi connectivity index (χ2n) is 4.48. The Kier molecular flexibility index (Phi) is 4.89. The molecule has 4 heteroatoms. The zero-order valence-electron chi connectivity index (χ0n) is 10.9. The van der Waals surface area contributed by atoms with Gasteiger partial charge in [-0.3, -0.25) is 9.59 Å². The molecule has 0 bridgehead atoms. The number of amides is 1. The number of nitrogens with one attached hydrogen (secondary N) is 1. The fraction of sp³-hybridized carbons (Fsp3) is 0.429. The smallest absolute Gasteiger partial charge is 0.310 e. The molecule has 18 heavy (non-hydrogen) atoms. The Hall–Kier alpha value is -1.84. The second kappa shape index (κ2) is 6.19. The van der Waals surface area contributed by atoms with Gasteiger partial charge in [0.25, 0.3) is 0 Å². The van der Waals surface area contributed by atoms with Gasteiger partial charge in [0, 0.05) is 11.6 Å². The molecule has 0 aromatic heterocycles. The van der Waals surface area contributed by atoms with Crippen molar-refractivity contribution < 1.29 is 14.7 Å². The van der Waals surface area contributed by atoms with Crippen LogP contribution in [0.25, 0.3) is 0 Å². The van der Waals surface area contributed by atoms with Crippen LogP contribution in [0, 0.1) is 5.92 Å². The van der Waals surface area contributed by atoms with Crippen molar-refractivity contribution in [2.45, 2.75) is 33.1 Å². The van der Waals surface area contributed by atoms with Crippen LogP contribution in [-0.4, -0.2) is 17.0 Å². The van der Waals surface area contributed by atoms with E-state index >= 15 is 0 Å². The van der Waals surface area contributed by atoms with Crippen LogP contribution in [0.4, 0.5) is 5.69 Å². The lowest BCUT2D eigenvalue weighted by Gasteiger charge is -2.12. The lowest BCUT2D eigenvalue weighted by molar-refractivity contribution is -0.138. The summed E-state index contributed by atoms with van der Waals surface area (Å²) < 4.78 is 0. The number of carboxylic acids is 1. The van der Waals surface area contributed by atoms with E-state index in [4.69, 9.17) is 5.11 Å². The van der Waals surface area contributed by atoms with Crippen molar-refractivity contribution in [3.05, 3.63) is 29.8 Å². The quantitative estimate of drug-likeness (QED) is 0.843. The molecule has 0 radical (unpaired) electrons.